The van der Waals surface area contributed by atoms with Gasteiger partial charge in [0.2, 0.25) is 11.7 Å². The van der Waals surface area contributed by atoms with Gasteiger partial charge < -0.3 is 9.88 Å². The first kappa shape index (κ1) is 18.4. The first-order valence-corrected chi connectivity index (χ1v) is 8.50. The van der Waals surface area contributed by atoms with Crippen molar-refractivity contribution in [1.29, 1.82) is 0 Å². The molecule has 0 unspecified atom stereocenters. The summed E-state index contributed by atoms with van der Waals surface area (Å²) >= 11 is 0. The van der Waals surface area contributed by atoms with Crippen molar-refractivity contribution in [2.75, 3.05) is 6.54 Å². The summed E-state index contributed by atoms with van der Waals surface area (Å²) in [5, 5.41) is 14.6. The SMILES string of the molecule is Cc1cccc(=O)n1CCCNC(=O)Cn1nnc(-c2ccc(F)cc2)n1. The zero-order chi connectivity index (χ0) is 19.2. The maximum absolute atomic E-state index is 12.9. The molecule has 0 spiro atoms. The smallest absolute Gasteiger partial charge is 0.250 e. The second-order valence-corrected chi connectivity index (χ2v) is 6.01. The molecule has 0 aliphatic rings. The van der Waals surface area contributed by atoms with Gasteiger partial charge in [0, 0.05) is 30.4 Å². The summed E-state index contributed by atoms with van der Waals surface area (Å²) in [6.45, 7) is 2.76. The number of carbonyl (C=O) groups is 1. The van der Waals surface area contributed by atoms with Crippen LogP contribution in [0.25, 0.3) is 11.4 Å². The molecule has 3 rings (SSSR count). The highest BCUT2D eigenvalue weighted by Crippen LogP contribution is 2.13. The van der Waals surface area contributed by atoms with Gasteiger partial charge in [-0.25, -0.2) is 4.39 Å². The molecule has 140 valence electrons. The number of amides is 1. The van der Waals surface area contributed by atoms with E-state index in [9.17, 15) is 14.0 Å². The highest BCUT2D eigenvalue weighted by molar-refractivity contribution is 5.75. The molecule has 9 heteroatoms. The van der Waals surface area contributed by atoms with E-state index in [2.05, 4.69) is 20.7 Å². The van der Waals surface area contributed by atoms with Crippen LogP contribution in [-0.4, -0.2) is 37.2 Å². The zero-order valence-electron chi connectivity index (χ0n) is 14.8. The fraction of sp³-hybridized carbons (Fsp3) is 0.278. The van der Waals surface area contributed by atoms with Crippen molar-refractivity contribution in [3.63, 3.8) is 0 Å². The van der Waals surface area contributed by atoms with E-state index in [4.69, 9.17) is 0 Å². The van der Waals surface area contributed by atoms with Crippen molar-refractivity contribution in [2.24, 2.45) is 0 Å². The molecule has 2 aromatic heterocycles. The molecule has 0 saturated heterocycles. The van der Waals surface area contributed by atoms with Gasteiger partial charge in [-0.1, -0.05) is 6.07 Å². The molecule has 0 atom stereocenters. The number of aromatic nitrogens is 5. The lowest BCUT2D eigenvalue weighted by Crippen LogP contribution is -2.30. The Hall–Kier alpha value is -3.36. The van der Waals surface area contributed by atoms with E-state index in [-0.39, 0.29) is 23.8 Å². The van der Waals surface area contributed by atoms with Crippen LogP contribution in [0.3, 0.4) is 0 Å². The number of nitrogens with one attached hydrogen (secondary N) is 1. The second kappa shape index (κ2) is 8.35. The van der Waals surface area contributed by atoms with Crippen molar-refractivity contribution >= 4 is 5.91 Å². The van der Waals surface area contributed by atoms with Crippen LogP contribution in [0.2, 0.25) is 0 Å². The fourth-order valence-corrected chi connectivity index (χ4v) is 2.58. The average Bonchev–Trinajstić information content (AvgIpc) is 3.09. The van der Waals surface area contributed by atoms with Crippen molar-refractivity contribution < 1.29 is 9.18 Å². The number of hydrogen-bond donors (Lipinski definition) is 1. The Balaban J connectivity index is 1.47. The average molecular weight is 370 g/mol. The molecule has 1 N–H and O–H groups in total. The third-order valence-corrected chi connectivity index (χ3v) is 3.99. The summed E-state index contributed by atoms with van der Waals surface area (Å²) in [4.78, 5) is 24.9. The minimum atomic E-state index is -0.349. The molecule has 0 saturated carbocycles. The van der Waals surface area contributed by atoms with E-state index in [0.717, 1.165) is 5.69 Å². The van der Waals surface area contributed by atoms with Crippen molar-refractivity contribution in [1.82, 2.24) is 30.1 Å². The quantitative estimate of drug-likeness (QED) is 0.630. The van der Waals surface area contributed by atoms with Crippen molar-refractivity contribution in [3.8, 4) is 11.4 Å². The maximum Gasteiger partial charge on any atom is 0.250 e. The van der Waals surface area contributed by atoms with Crippen LogP contribution >= 0.6 is 0 Å². The topological polar surface area (TPSA) is 94.7 Å². The Morgan fingerprint density at radius 3 is 2.70 bits per heavy atom. The number of benzene rings is 1. The number of halogens is 1. The summed E-state index contributed by atoms with van der Waals surface area (Å²) in [7, 11) is 0. The van der Waals surface area contributed by atoms with Crippen molar-refractivity contribution in [2.45, 2.75) is 26.4 Å². The largest absolute Gasteiger partial charge is 0.354 e. The standard InChI is InChI=1S/C18H19FN6O2/c1-13-4-2-5-17(27)24(13)11-3-10-20-16(26)12-25-22-18(21-23-25)14-6-8-15(19)9-7-14/h2,4-9H,3,10-12H2,1H3,(H,20,26). The van der Waals surface area contributed by atoms with E-state index in [1.807, 2.05) is 13.0 Å². The number of pyridine rings is 1. The van der Waals surface area contributed by atoms with Crippen molar-refractivity contribution in [3.05, 3.63) is 64.3 Å². The summed E-state index contributed by atoms with van der Waals surface area (Å²) in [5.41, 5.74) is 1.45. The lowest BCUT2D eigenvalue weighted by atomic mass is 10.2. The Morgan fingerprint density at radius 1 is 1.19 bits per heavy atom. The molecular formula is C18H19FN6O2. The predicted octanol–water partition coefficient (Wildman–Crippen LogP) is 1.16. The van der Waals surface area contributed by atoms with E-state index in [1.165, 1.54) is 23.0 Å². The molecule has 0 aliphatic carbocycles. The number of tetrazole rings is 1. The number of nitrogens with zero attached hydrogens (tertiary/aromatic N) is 5. The first-order chi connectivity index (χ1) is 13.0. The fourth-order valence-electron chi connectivity index (χ4n) is 2.58. The van der Waals surface area contributed by atoms with Gasteiger partial charge in [-0.3, -0.25) is 9.59 Å². The van der Waals surface area contributed by atoms with Gasteiger partial charge >= 0.3 is 0 Å². The highest BCUT2D eigenvalue weighted by Gasteiger charge is 2.09. The molecule has 0 aliphatic heterocycles. The third kappa shape index (κ3) is 4.84. The molecule has 0 radical (unpaired) electrons. The normalized spacial score (nSPS) is 10.7. The van der Waals surface area contributed by atoms with Crippen LogP contribution in [-0.2, 0) is 17.9 Å². The zero-order valence-corrected chi connectivity index (χ0v) is 14.8. The van der Waals surface area contributed by atoms with Gasteiger partial charge in [0.1, 0.15) is 12.4 Å². The Morgan fingerprint density at radius 2 is 1.96 bits per heavy atom. The Labute approximate surface area is 154 Å². The number of rotatable bonds is 7. The molecule has 1 aromatic carbocycles. The molecule has 0 bridgehead atoms. The van der Waals surface area contributed by atoms with E-state index < -0.39 is 0 Å². The van der Waals surface area contributed by atoms with Gasteiger partial charge in [0.25, 0.3) is 5.56 Å². The summed E-state index contributed by atoms with van der Waals surface area (Å²) in [5.74, 6) is -0.282. The lowest BCUT2D eigenvalue weighted by molar-refractivity contribution is -0.122. The van der Waals surface area contributed by atoms with Gasteiger partial charge in [-0.05, 0) is 48.9 Å². The molecule has 8 nitrogen and oxygen atoms in total. The molecule has 2 heterocycles. The Bertz CT molecular complexity index is 980. The minimum Gasteiger partial charge on any atom is -0.354 e. The summed E-state index contributed by atoms with van der Waals surface area (Å²) < 4.78 is 14.6. The molecular weight excluding hydrogens is 351 g/mol. The molecule has 0 fully saturated rings. The van der Waals surface area contributed by atoms with Gasteiger partial charge in [0.05, 0.1) is 0 Å². The van der Waals surface area contributed by atoms with Crippen LogP contribution in [0.1, 0.15) is 12.1 Å². The lowest BCUT2D eigenvalue weighted by Gasteiger charge is -2.09. The summed E-state index contributed by atoms with van der Waals surface area (Å²) in [6.07, 6.45) is 0.627. The van der Waals surface area contributed by atoms with E-state index >= 15 is 0 Å². The van der Waals surface area contributed by atoms with Crippen LogP contribution in [0, 0.1) is 12.7 Å². The number of carbonyl (C=O) groups excluding carboxylic acids is 1. The van der Waals surface area contributed by atoms with Gasteiger partial charge in [-0.2, -0.15) is 4.80 Å². The van der Waals surface area contributed by atoms with Crippen LogP contribution in [0.15, 0.2) is 47.3 Å². The van der Waals surface area contributed by atoms with Gasteiger partial charge in [0.15, 0.2) is 0 Å². The third-order valence-electron chi connectivity index (χ3n) is 3.99. The summed E-state index contributed by atoms with van der Waals surface area (Å²) in [6, 6.07) is 10.8. The minimum absolute atomic E-state index is 0.0542. The molecule has 1 amide bonds. The van der Waals surface area contributed by atoms with E-state index in [1.54, 1.807) is 22.8 Å². The monoisotopic (exact) mass is 370 g/mol. The first-order valence-electron chi connectivity index (χ1n) is 8.50. The van der Waals surface area contributed by atoms with Crippen LogP contribution in [0.5, 0.6) is 0 Å². The van der Waals surface area contributed by atoms with Crippen LogP contribution < -0.4 is 10.9 Å². The number of aryl methyl sites for hydroxylation is 1. The predicted molar refractivity (Wildman–Crippen MR) is 96.3 cm³/mol. The van der Waals surface area contributed by atoms with Gasteiger partial charge in [-0.15, -0.1) is 10.2 Å². The molecule has 27 heavy (non-hydrogen) atoms. The number of hydrogen-bond acceptors (Lipinski definition) is 5. The maximum atomic E-state index is 12.9. The van der Waals surface area contributed by atoms with Crippen LogP contribution in [0.4, 0.5) is 4.39 Å². The Kier molecular flexibility index (Phi) is 5.70. The molecule has 3 aromatic rings. The highest BCUT2D eigenvalue weighted by atomic mass is 19.1. The van der Waals surface area contributed by atoms with E-state index in [0.29, 0.717) is 30.9 Å². The second-order valence-electron chi connectivity index (χ2n) is 6.01.